The summed E-state index contributed by atoms with van der Waals surface area (Å²) in [6.07, 6.45) is 7.84. The number of amides is 2. The molecule has 0 radical (unpaired) electrons. The van der Waals surface area contributed by atoms with Crippen molar-refractivity contribution in [3.63, 3.8) is 0 Å². The molecule has 170 valence electrons. The lowest BCUT2D eigenvalue weighted by Gasteiger charge is -2.35. The average molecular weight is 431 g/mol. The van der Waals surface area contributed by atoms with Crippen molar-refractivity contribution >= 4 is 23.2 Å². The number of nitrogens with zero attached hydrogens (tertiary/aromatic N) is 3. The standard InChI is InChI=1S/C23H34N4O4/c1-2-3-4-5-12-24-23(29)19-9-6-13-25(16-19)17-22(28)26-14-7-8-18-15-20(27(30)31)10-11-21(18)26/h10-11,15,19H,2-9,12-14,16-17H2,1H3,(H,24,29). The lowest BCUT2D eigenvalue weighted by Crippen LogP contribution is -2.48. The van der Waals surface area contributed by atoms with Gasteiger partial charge in [-0.05, 0) is 50.3 Å². The second-order valence-electron chi connectivity index (χ2n) is 8.65. The van der Waals surface area contributed by atoms with Crippen LogP contribution in [0.4, 0.5) is 11.4 Å². The van der Waals surface area contributed by atoms with Gasteiger partial charge in [-0.25, -0.2) is 0 Å². The van der Waals surface area contributed by atoms with E-state index in [4.69, 9.17) is 0 Å². The normalized spacial score (nSPS) is 19.0. The molecule has 31 heavy (non-hydrogen) atoms. The lowest BCUT2D eigenvalue weighted by atomic mass is 9.96. The smallest absolute Gasteiger partial charge is 0.269 e. The monoisotopic (exact) mass is 430 g/mol. The van der Waals surface area contributed by atoms with E-state index < -0.39 is 4.92 Å². The van der Waals surface area contributed by atoms with E-state index in [0.717, 1.165) is 62.9 Å². The maximum absolute atomic E-state index is 13.0. The molecule has 8 heteroatoms. The third kappa shape index (κ3) is 6.26. The minimum absolute atomic E-state index is 0.00423. The Labute approximate surface area is 184 Å². The van der Waals surface area contributed by atoms with Crippen molar-refractivity contribution in [1.29, 1.82) is 0 Å². The molecular weight excluding hydrogens is 396 g/mol. The van der Waals surface area contributed by atoms with Crippen molar-refractivity contribution < 1.29 is 14.5 Å². The zero-order chi connectivity index (χ0) is 22.2. The van der Waals surface area contributed by atoms with Gasteiger partial charge in [0.2, 0.25) is 11.8 Å². The molecule has 1 unspecified atom stereocenters. The molecule has 2 aliphatic rings. The Morgan fingerprint density at radius 3 is 2.81 bits per heavy atom. The summed E-state index contributed by atoms with van der Waals surface area (Å²) in [7, 11) is 0. The molecule has 2 heterocycles. The van der Waals surface area contributed by atoms with E-state index >= 15 is 0 Å². The fraction of sp³-hybridized carbons (Fsp3) is 0.652. The van der Waals surface area contributed by atoms with E-state index in [1.54, 1.807) is 17.0 Å². The predicted octanol–water partition coefficient (Wildman–Crippen LogP) is 3.28. The number of nitrogens with one attached hydrogen (secondary N) is 1. The van der Waals surface area contributed by atoms with Gasteiger partial charge in [0.05, 0.1) is 17.4 Å². The predicted molar refractivity (Wildman–Crippen MR) is 120 cm³/mol. The zero-order valence-electron chi connectivity index (χ0n) is 18.5. The number of nitro groups is 1. The van der Waals surface area contributed by atoms with Crippen LogP contribution in [0.1, 0.15) is 57.4 Å². The van der Waals surface area contributed by atoms with Crippen LogP contribution in [0.2, 0.25) is 0 Å². The molecule has 0 bridgehead atoms. The van der Waals surface area contributed by atoms with E-state index in [-0.39, 0.29) is 30.0 Å². The molecule has 0 aliphatic carbocycles. The highest BCUT2D eigenvalue weighted by Crippen LogP contribution is 2.30. The van der Waals surface area contributed by atoms with Crippen LogP contribution in [0.25, 0.3) is 0 Å². The molecule has 1 fully saturated rings. The molecule has 1 aromatic rings. The van der Waals surface area contributed by atoms with E-state index in [9.17, 15) is 19.7 Å². The first-order valence-corrected chi connectivity index (χ1v) is 11.6. The van der Waals surface area contributed by atoms with Gasteiger partial charge in [0.1, 0.15) is 0 Å². The maximum atomic E-state index is 13.0. The number of anilines is 1. The SMILES string of the molecule is CCCCCCNC(=O)C1CCCN(CC(=O)N2CCCc3cc([N+](=O)[O-])ccc32)C1. The molecule has 1 atom stereocenters. The zero-order valence-corrected chi connectivity index (χ0v) is 18.5. The summed E-state index contributed by atoms with van der Waals surface area (Å²) in [6.45, 7) is 5.21. The summed E-state index contributed by atoms with van der Waals surface area (Å²) < 4.78 is 0. The number of carbonyl (C=O) groups excluding carboxylic acids is 2. The Morgan fingerprint density at radius 2 is 2.03 bits per heavy atom. The van der Waals surface area contributed by atoms with Crippen molar-refractivity contribution in [1.82, 2.24) is 10.2 Å². The van der Waals surface area contributed by atoms with Crippen molar-refractivity contribution in [3.05, 3.63) is 33.9 Å². The van der Waals surface area contributed by atoms with Gasteiger partial charge >= 0.3 is 0 Å². The Morgan fingerprint density at radius 1 is 1.19 bits per heavy atom. The van der Waals surface area contributed by atoms with Gasteiger partial charge in [-0.15, -0.1) is 0 Å². The number of piperidine rings is 1. The Kier molecular flexibility index (Phi) is 8.40. The summed E-state index contributed by atoms with van der Waals surface area (Å²) >= 11 is 0. The Hall–Kier alpha value is -2.48. The van der Waals surface area contributed by atoms with Crippen molar-refractivity contribution in [2.24, 2.45) is 5.92 Å². The number of fused-ring (bicyclic) bond motifs is 1. The number of carbonyl (C=O) groups is 2. The Balaban J connectivity index is 1.54. The van der Waals surface area contributed by atoms with Crippen LogP contribution in [-0.4, -0.2) is 54.4 Å². The molecule has 8 nitrogen and oxygen atoms in total. The summed E-state index contributed by atoms with van der Waals surface area (Å²) in [5, 5.41) is 14.1. The summed E-state index contributed by atoms with van der Waals surface area (Å²) in [4.78, 5) is 40.0. The molecule has 0 saturated carbocycles. The number of non-ortho nitro benzene ring substituents is 1. The van der Waals surface area contributed by atoms with Gasteiger partial charge < -0.3 is 10.2 Å². The van der Waals surface area contributed by atoms with Crippen LogP contribution in [-0.2, 0) is 16.0 Å². The van der Waals surface area contributed by atoms with Gasteiger partial charge in [0, 0.05) is 37.5 Å². The van der Waals surface area contributed by atoms with Crippen molar-refractivity contribution in [2.45, 2.75) is 58.3 Å². The van der Waals surface area contributed by atoms with Gasteiger partial charge in [0.25, 0.3) is 5.69 Å². The highest BCUT2D eigenvalue weighted by molar-refractivity contribution is 5.96. The number of benzene rings is 1. The fourth-order valence-electron chi connectivity index (χ4n) is 4.55. The van der Waals surface area contributed by atoms with Crippen LogP contribution in [0.5, 0.6) is 0 Å². The molecule has 2 amide bonds. The summed E-state index contributed by atoms with van der Waals surface area (Å²) in [5.41, 5.74) is 1.70. The largest absolute Gasteiger partial charge is 0.356 e. The molecule has 0 spiro atoms. The van der Waals surface area contributed by atoms with Crippen molar-refractivity contribution in [2.75, 3.05) is 37.6 Å². The maximum Gasteiger partial charge on any atom is 0.269 e. The first-order valence-electron chi connectivity index (χ1n) is 11.6. The molecule has 1 saturated heterocycles. The minimum atomic E-state index is -0.399. The number of likely N-dealkylation sites (tertiary alicyclic amines) is 1. The van der Waals surface area contributed by atoms with E-state index in [2.05, 4.69) is 17.1 Å². The van der Waals surface area contributed by atoms with Gasteiger partial charge in [0.15, 0.2) is 0 Å². The highest BCUT2D eigenvalue weighted by Gasteiger charge is 2.30. The molecule has 3 rings (SSSR count). The van der Waals surface area contributed by atoms with Gasteiger partial charge in [-0.2, -0.15) is 0 Å². The number of hydrogen-bond acceptors (Lipinski definition) is 5. The molecular formula is C23H34N4O4. The summed E-state index contributed by atoms with van der Waals surface area (Å²) in [6, 6.07) is 4.73. The average Bonchev–Trinajstić information content (AvgIpc) is 2.78. The number of rotatable bonds is 9. The van der Waals surface area contributed by atoms with Gasteiger partial charge in [-0.3, -0.25) is 24.6 Å². The minimum Gasteiger partial charge on any atom is -0.356 e. The summed E-state index contributed by atoms with van der Waals surface area (Å²) in [5.74, 6) is 0.0312. The number of aryl methyl sites for hydroxylation is 1. The number of nitro benzene ring substituents is 1. The quantitative estimate of drug-likeness (QED) is 0.368. The van der Waals surface area contributed by atoms with E-state index in [1.165, 1.54) is 18.9 Å². The van der Waals surface area contributed by atoms with Crippen LogP contribution in [0.15, 0.2) is 18.2 Å². The molecule has 2 aliphatic heterocycles. The third-order valence-electron chi connectivity index (χ3n) is 6.26. The lowest BCUT2D eigenvalue weighted by molar-refractivity contribution is -0.384. The van der Waals surface area contributed by atoms with Crippen LogP contribution >= 0.6 is 0 Å². The Bertz CT molecular complexity index is 798. The topological polar surface area (TPSA) is 95.8 Å². The van der Waals surface area contributed by atoms with Gasteiger partial charge in [-0.1, -0.05) is 26.2 Å². The van der Waals surface area contributed by atoms with E-state index in [0.29, 0.717) is 13.1 Å². The van der Waals surface area contributed by atoms with E-state index in [1.807, 2.05) is 0 Å². The number of unbranched alkanes of at least 4 members (excludes halogenated alkanes) is 3. The second-order valence-corrected chi connectivity index (χ2v) is 8.65. The fourth-order valence-corrected chi connectivity index (χ4v) is 4.55. The molecule has 0 aromatic heterocycles. The number of hydrogen-bond donors (Lipinski definition) is 1. The molecule has 1 aromatic carbocycles. The first kappa shape index (κ1) is 23.2. The van der Waals surface area contributed by atoms with Crippen molar-refractivity contribution in [3.8, 4) is 0 Å². The second kappa shape index (κ2) is 11.2. The first-order chi connectivity index (χ1) is 15.0. The van der Waals surface area contributed by atoms with Crippen LogP contribution in [0, 0.1) is 16.0 Å². The highest BCUT2D eigenvalue weighted by atomic mass is 16.6. The van der Waals surface area contributed by atoms with Crippen LogP contribution < -0.4 is 10.2 Å². The molecule has 1 N–H and O–H groups in total. The third-order valence-corrected chi connectivity index (χ3v) is 6.26. The van der Waals surface area contributed by atoms with Crippen LogP contribution in [0.3, 0.4) is 0 Å².